The average Bonchev–Trinajstić information content (AvgIpc) is 3.09. The summed E-state index contributed by atoms with van der Waals surface area (Å²) in [6, 6.07) is 27.0. The van der Waals surface area contributed by atoms with Gasteiger partial charge in [-0.1, -0.05) is 62.4 Å². The number of anilines is 1. The Balaban J connectivity index is 1.81. The molecule has 4 rings (SSSR count). The number of halogens is 1. The summed E-state index contributed by atoms with van der Waals surface area (Å²) in [4.78, 5) is 30.6. The largest absolute Gasteiger partial charge is 0.494 e. The van der Waals surface area contributed by atoms with Gasteiger partial charge in [-0.2, -0.15) is 0 Å². The number of sulfonamides is 1. The lowest BCUT2D eigenvalue weighted by Crippen LogP contribution is -2.53. The molecule has 0 saturated carbocycles. The van der Waals surface area contributed by atoms with E-state index in [0.29, 0.717) is 18.9 Å². The summed E-state index contributed by atoms with van der Waals surface area (Å²) in [7, 11) is -4.28. The fraction of sp³-hybridized carbons (Fsp3) is 0.297. The van der Waals surface area contributed by atoms with Crippen molar-refractivity contribution in [2.24, 2.45) is 5.92 Å². The van der Waals surface area contributed by atoms with Gasteiger partial charge >= 0.3 is 0 Å². The molecule has 48 heavy (non-hydrogen) atoms. The fourth-order valence-corrected chi connectivity index (χ4v) is 6.89. The Kier molecular flexibility index (Phi) is 13.0. The summed E-state index contributed by atoms with van der Waals surface area (Å²) < 4.78 is 50.2. The minimum absolute atomic E-state index is 0.00171. The predicted octanol–water partition coefficient (Wildman–Crippen LogP) is 6.55. The Hall–Kier alpha value is -4.35. The number of carbonyl (C=O) groups excluding carboxylic acids is 2. The van der Waals surface area contributed by atoms with Crippen molar-refractivity contribution in [3.63, 3.8) is 0 Å². The van der Waals surface area contributed by atoms with Crippen molar-refractivity contribution < 1.29 is 27.1 Å². The second-order valence-corrected chi connectivity index (χ2v) is 14.3. The standard InChI is InChI=1S/C37H42FN3O5S2/c1-5-46-31-17-15-30(16-18-31)41(48(44,45)33-21-19-32(47-4)20-22-33)26-36(42)40(25-29-13-9-10-14-34(29)38)35(37(43)39-24-27(2)3)23-28-11-7-6-8-12-28/h6-22,27,35H,5,23-26H2,1-4H3,(H,39,43)/t35-/m1/s1. The van der Waals surface area contributed by atoms with Gasteiger partial charge in [-0.15, -0.1) is 11.8 Å². The van der Waals surface area contributed by atoms with Crippen molar-refractivity contribution >= 4 is 39.3 Å². The summed E-state index contributed by atoms with van der Waals surface area (Å²) >= 11 is 1.48. The smallest absolute Gasteiger partial charge is 0.264 e. The van der Waals surface area contributed by atoms with Crippen molar-refractivity contribution in [3.05, 3.63) is 120 Å². The Bertz CT molecular complexity index is 1750. The third-order valence-corrected chi connectivity index (χ3v) is 10.1. The maximum absolute atomic E-state index is 15.1. The lowest BCUT2D eigenvalue weighted by atomic mass is 10.0. The van der Waals surface area contributed by atoms with E-state index in [0.717, 1.165) is 14.8 Å². The minimum Gasteiger partial charge on any atom is -0.494 e. The normalized spacial score (nSPS) is 12.0. The summed E-state index contributed by atoms with van der Waals surface area (Å²) in [6.45, 7) is 5.66. The molecule has 11 heteroatoms. The van der Waals surface area contributed by atoms with E-state index in [1.807, 2.05) is 57.4 Å². The topological polar surface area (TPSA) is 96.0 Å². The number of amides is 2. The van der Waals surface area contributed by atoms with Crippen LogP contribution in [0.2, 0.25) is 0 Å². The molecular formula is C37H42FN3O5S2. The van der Waals surface area contributed by atoms with Gasteiger partial charge in [-0.25, -0.2) is 12.8 Å². The van der Waals surface area contributed by atoms with E-state index in [1.54, 1.807) is 54.6 Å². The fourth-order valence-electron chi connectivity index (χ4n) is 5.07. The molecule has 1 atom stereocenters. The molecule has 1 N–H and O–H groups in total. The number of thioether (sulfide) groups is 1. The zero-order valence-corrected chi connectivity index (χ0v) is 29.3. The van der Waals surface area contributed by atoms with Crippen LogP contribution < -0.4 is 14.4 Å². The highest BCUT2D eigenvalue weighted by Crippen LogP contribution is 2.28. The molecule has 0 aliphatic rings. The highest BCUT2D eigenvalue weighted by Gasteiger charge is 2.35. The number of carbonyl (C=O) groups is 2. The molecule has 0 saturated heterocycles. The molecule has 4 aromatic rings. The first-order valence-electron chi connectivity index (χ1n) is 15.8. The lowest BCUT2D eigenvalue weighted by molar-refractivity contribution is -0.140. The van der Waals surface area contributed by atoms with Crippen LogP contribution in [0.3, 0.4) is 0 Å². The zero-order valence-electron chi connectivity index (χ0n) is 27.6. The van der Waals surface area contributed by atoms with Crippen LogP contribution in [-0.4, -0.2) is 57.1 Å². The molecule has 0 radical (unpaired) electrons. The van der Waals surface area contributed by atoms with Crippen LogP contribution in [0.4, 0.5) is 10.1 Å². The summed E-state index contributed by atoms with van der Waals surface area (Å²) in [5, 5.41) is 2.93. The highest BCUT2D eigenvalue weighted by molar-refractivity contribution is 7.98. The van der Waals surface area contributed by atoms with Crippen molar-refractivity contribution in [1.82, 2.24) is 10.2 Å². The summed E-state index contributed by atoms with van der Waals surface area (Å²) in [5.74, 6) is -0.946. The van der Waals surface area contributed by atoms with Gasteiger partial charge in [-0.05, 0) is 79.3 Å². The molecule has 8 nitrogen and oxygen atoms in total. The Labute approximate surface area is 287 Å². The van der Waals surface area contributed by atoms with Gasteiger partial charge < -0.3 is 15.0 Å². The molecule has 0 bridgehead atoms. The van der Waals surface area contributed by atoms with Crippen molar-refractivity contribution in [3.8, 4) is 5.75 Å². The summed E-state index contributed by atoms with van der Waals surface area (Å²) in [5.41, 5.74) is 1.22. The van der Waals surface area contributed by atoms with Gasteiger partial charge in [0.05, 0.1) is 17.2 Å². The van der Waals surface area contributed by atoms with Gasteiger partial charge in [0.15, 0.2) is 0 Å². The van der Waals surface area contributed by atoms with Crippen LogP contribution in [0.1, 0.15) is 31.9 Å². The van der Waals surface area contributed by atoms with E-state index < -0.39 is 40.2 Å². The molecule has 2 amide bonds. The van der Waals surface area contributed by atoms with Crippen LogP contribution in [0.15, 0.2) is 113 Å². The van der Waals surface area contributed by atoms with Crippen LogP contribution >= 0.6 is 11.8 Å². The molecule has 0 heterocycles. The van der Waals surface area contributed by atoms with Gasteiger partial charge in [0, 0.05) is 30.0 Å². The first kappa shape index (κ1) is 36.5. The first-order valence-corrected chi connectivity index (χ1v) is 18.4. The van der Waals surface area contributed by atoms with E-state index in [9.17, 15) is 18.0 Å². The highest BCUT2D eigenvalue weighted by atomic mass is 32.2. The monoisotopic (exact) mass is 691 g/mol. The van der Waals surface area contributed by atoms with E-state index in [1.165, 1.54) is 34.9 Å². The molecule has 254 valence electrons. The molecular weight excluding hydrogens is 650 g/mol. The molecule has 0 fully saturated rings. The quantitative estimate of drug-likeness (QED) is 0.134. The Morgan fingerprint density at radius 3 is 2.15 bits per heavy atom. The second-order valence-electron chi connectivity index (χ2n) is 11.6. The second kappa shape index (κ2) is 17.2. The van der Waals surface area contributed by atoms with Gasteiger partial charge in [0.25, 0.3) is 10.0 Å². The van der Waals surface area contributed by atoms with E-state index in [4.69, 9.17) is 4.74 Å². The third kappa shape index (κ3) is 9.60. The number of hydrogen-bond acceptors (Lipinski definition) is 6. The summed E-state index contributed by atoms with van der Waals surface area (Å²) in [6.07, 6.45) is 2.03. The first-order chi connectivity index (χ1) is 23.0. The van der Waals surface area contributed by atoms with Gasteiger partial charge in [0.2, 0.25) is 11.8 Å². The average molecular weight is 692 g/mol. The number of benzene rings is 4. The van der Waals surface area contributed by atoms with Gasteiger partial charge in [-0.3, -0.25) is 13.9 Å². The third-order valence-electron chi connectivity index (χ3n) is 7.62. The number of ether oxygens (including phenoxy) is 1. The lowest BCUT2D eigenvalue weighted by Gasteiger charge is -2.34. The number of nitrogens with one attached hydrogen (secondary N) is 1. The number of nitrogens with zero attached hydrogens (tertiary/aromatic N) is 2. The zero-order chi connectivity index (χ0) is 34.7. The SMILES string of the molecule is CCOc1ccc(N(CC(=O)N(Cc2ccccc2F)[C@H](Cc2ccccc2)C(=O)NCC(C)C)S(=O)(=O)c2ccc(SC)cc2)cc1. The van der Waals surface area contributed by atoms with E-state index in [-0.39, 0.29) is 35.0 Å². The maximum atomic E-state index is 15.1. The van der Waals surface area contributed by atoms with Gasteiger partial charge in [0.1, 0.15) is 24.2 Å². The van der Waals surface area contributed by atoms with Crippen LogP contribution in [0, 0.1) is 11.7 Å². The van der Waals surface area contributed by atoms with E-state index >= 15 is 4.39 Å². The van der Waals surface area contributed by atoms with Crippen LogP contribution in [0.25, 0.3) is 0 Å². The van der Waals surface area contributed by atoms with Crippen molar-refractivity contribution in [2.45, 2.75) is 49.6 Å². The Morgan fingerprint density at radius 2 is 1.54 bits per heavy atom. The Morgan fingerprint density at radius 1 is 0.896 bits per heavy atom. The molecule has 0 unspecified atom stereocenters. The molecule has 0 spiro atoms. The van der Waals surface area contributed by atoms with Crippen molar-refractivity contribution in [1.29, 1.82) is 0 Å². The maximum Gasteiger partial charge on any atom is 0.264 e. The van der Waals surface area contributed by atoms with Crippen molar-refractivity contribution in [2.75, 3.05) is 30.3 Å². The molecule has 0 aromatic heterocycles. The minimum atomic E-state index is -4.28. The molecule has 0 aliphatic carbocycles. The van der Waals surface area contributed by atoms with Crippen LogP contribution in [0.5, 0.6) is 5.75 Å². The predicted molar refractivity (Wildman–Crippen MR) is 189 cm³/mol. The number of rotatable bonds is 16. The molecule has 0 aliphatic heterocycles. The number of hydrogen-bond donors (Lipinski definition) is 1. The molecule has 4 aromatic carbocycles. The van der Waals surface area contributed by atoms with Crippen LogP contribution in [-0.2, 0) is 32.6 Å². The van der Waals surface area contributed by atoms with E-state index in [2.05, 4.69) is 5.32 Å².